The van der Waals surface area contributed by atoms with E-state index in [1.165, 1.54) is 25.9 Å². The average Bonchev–Trinajstić information content (AvgIpc) is 3.44. The van der Waals surface area contributed by atoms with E-state index in [0.717, 1.165) is 56.2 Å². The van der Waals surface area contributed by atoms with Gasteiger partial charge in [0.15, 0.2) is 0 Å². The molecule has 0 spiro atoms. The van der Waals surface area contributed by atoms with Gasteiger partial charge in [0.25, 0.3) is 0 Å². The van der Waals surface area contributed by atoms with Crippen LogP contribution >= 0.6 is 11.3 Å². The molecule has 2 fully saturated rings. The van der Waals surface area contributed by atoms with Gasteiger partial charge in [0.1, 0.15) is 0 Å². The smallest absolute Gasteiger partial charge is 0.241 e. The van der Waals surface area contributed by atoms with E-state index in [4.69, 9.17) is 4.52 Å². The van der Waals surface area contributed by atoms with Gasteiger partial charge in [0.2, 0.25) is 17.6 Å². The Morgan fingerprint density at radius 3 is 2.90 bits per heavy atom. The highest BCUT2D eigenvalue weighted by atomic mass is 32.1. The first-order valence-electron chi connectivity index (χ1n) is 11.3. The summed E-state index contributed by atoms with van der Waals surface area (Å²) in [5, 5.41) is 9.25. The van der Waals surface area contributed by atoms with E-state index in [0.29, 0.717) is 18.3 Å². The maximum atomic E-state index is 12.5. The molecule has 1 unspecified atom stereocenters. The number of aromatic nitrogens is 2. The molecule has 0 bridgehead atoms. The van der Waals surface area contributed by atoms with Gasteiger partial charge in [-0.3, -0.25) is 9.69 Å². The SMILES string of the molecule is CC1CCCN(CCCNC(=O)C2CCN(Cc3nc(-c4cccs4)no3)CC2)C1. The topological polar surface area (TPSA) is 74.5 Å². The van der Waals surface area contributed by atoms with Gasteiger partial charge in [-0.1, -0.05) is 18.1 Å². The van der Waals surface area contributed by atoms with Crippen molar-refractivity contribution in [1.82, 2.24) is 25.3 Å². The van der Waals surface area contributed by atoms with Crippen molar-refractivity contribution in [3.05, 3.63) is 23.4 Å². The summed E-state index contributed by atoms with van der Waals surface area (Å²) in [6.45, 7) is 9.08. The predicted octanol–water partition coefficient (Wildman–Crippen LogP) is 3.25. The average molecular weight is 432 g/mol. The summed E-state index contributed by atoms with van der Waals surface area (Å²) < 4.78 is 5.41. The Labute approximate surface area is 182 Å². The Kier molecular flexibility index (Phi) is 7.52. The van der Waals surface area contributed by atoms with Gasteiger partial charge in [0, 0.05) is 19.0 Å². The second-order valence-corrected chi connectivity index (χ2v) is 9.68. The number of piperidine rings is 2. The minimum Gasteiger partial charge on any atom is -0.356 e. The van der Waals surface area contributed by atoms with Crippen molar-refractivity contribution in [3.8, 4) is 10.7 Å². The third-order valence-electron chi connectivity index (χ3n) is 6.22. The Morgan fingerprint density at radius 2 is 2.13 bits per heavy atom. The van der Waals surface area contributed by atoms with Crippen LogP contribution in [0.25, 0.3) is 10.7 Å². The van der Waals surface area contributed by atoms with Gasteiger partial charge in [-0.05, 0) is 75.6 Å². The third kappa shape index (κ3) is 5.89. The quantitative estimate of drug-likeness (QED) is 0.647. The number of amides is 1. The molecule has 0 aliphatic carbocycles. The summed E-state index contributed by atoms with van der Waals surface area (Å²) in [6.07, 6.45) is 5.49. The van der Waals surface area contributed by atoms with E-state index in [2.05, 4.69) is 32.2 Å². The monoisotopic (exact) mass is 431 g/mol. The summed E-state index contributed by atoms with van der Waals surface area (Å²) in [6, 6.07) is 3.98. The molecule has 2 aromatic heterocycles. The highest BCUT2D eigenvalue weighted by Gasteiger charge is 2.26. The molecule has 1 N–H and O–H groups in total. The lowest BCUT2D eigenvalue weighted by Gasteiger charge is -2.31. The molecule has 30 heavy (non-hydrogen) atoms. The number of nitrogens with zero attached hydrogens (tertiary/aromatic N) is 4. The van der Waals surface area contributed by atoms with Crippen molar-refractivity contribution in [3.63, 3.8) is 0 Å². The number of carbonyl (C=O) groups is 1. The first-order chi connectivity index (χ1) is 14.7. The zero-order valence-electron chi connectivity index (χ0n) is 17.9. The van der Waals surface area contributed by atoms with Crippen LogP contribution in [0.3, 0.4) is 0 Å². The van der Waals surface area contributed by atoms with Crippen molar-refractivity contribution in [1.29, 1.82) is 0 Å². The molecule has 0 saturated carbocycles. The predicted molar refractivity (Wildman–Crippen MR) is 118 cm³/mol. The van der Waals surface area contributed by atoms with Crippen molar-refractivity contribution in [2.45, 2.75) is 45.6 Å². The van der Waals surface area contributed by atoms with Crippen LogP contribution < -0.4 is 5.32 Å². The van der Waals surface area contributed by atoms with Gasteiger partial charge in [-0.15, -0.1) is 11.3 Å². The van der Waals surface area contributed by atoms with Crippen LogP contribution in [-0.4, -0.2) is 65.1 Å². The number of thiophene rings is 1. The summed E-state index contributed by atoms with van der Waals surface area (Å²) in [7, 11) is 0. The van der Waals surface area contributed by atoms with Gasteiger partial charge < -0.3 is 14.7 Å². The van der Waals surface area contributed by atoms with E-state index in [1.54, 1.807) is 11.3 Å². The van der Waals surface area contributed by atoms with Crippen molar-refractivity contribution in [2.24, 2.45) is 11.8 Å². The third-order valence-corrected chi connectivity index (χ3v) is 7.08. The van der Waals surface area contributed by atoms with E-state index >= 15 is 0 Å². The lowest BCUT2D eigenvalue weighted by Crippen LogP contribution is -2.41. The zero-order valence-corrected chi connectivity index (χ0v) is 18.7. The molecule has 2 saturated heterocycles. The van der Waals surface area contributed by atoms with Crippen molar-refractivity contribution >= 4 is 17.2 Å². The van der Waals surface area contributed by atoms with Gasteiger partial charge >= 0.3 is 0 Å². The largest absolute Gasteiger partial charge is 0.356 e. The minimum absolute atomic E-state index is 0.126. The Morgan fingerprint density at radius 1 is 1.27 bits per heavy atom. The van der Waals surface area contributed by atoms with Gasteiger partial charge in [-0.25, -0.2) is 0 Å². The van der Waals surface area contributed by atoms with E-state index in [1.807, 2.05) is 17.5 Å². The molecule has 0 radical (unpaired) electrons. The number of hydrogen-bond donors (Lipinski definition) is 1. The first kappa shape index (κ1) is 21.5. The first-order valence-corrected chi connectivity index (χ1v) is 12.1. The molecule has 4 rings (SSSR count). The summed E-state index contributed by atoms with van der Waals surface area (Å²) in [5.41, 5.74) is 0. The highest BCUT2D eigenvalue weighted by molar-refractivity contribution is 7.13. The molecule has 2 aliphatic rings. The normalized spacial score (nSPS) is 21.7. The molecule has 8 heteroatoms. The summed E-state index contributed by atoms with van der Waals surface area (Å²) in [4.78, 5) is 22.9. The van der Waals surface area contributed by atoms with Crippen LogP contribution in [0.4, 0.5) is 0 Å². The van der Waals surface area contributed by atoms with Crippen molar-refractivity contribution in [2.75, 3.05) is 39.3 Å². The number of rotatable bonds is 8. The summed E-state index contributed by atoms with van der Waals surface area (Å²) in [5.74, 6) is 2.47. The zero-order chi connectivity index (χ0) is 20.8. The number of likely N-dealkylation sites (tertiary alicyclic amines) is 2. The Bertz CT molecular complexity index is 785. The highest BCUT2D eigenvalue weighted by Crippen LogP contribution is 2.23. The van der Waals surface area contributed by atoms with Crippen LogP contribution in [0.5, 0.6) is 0 Å². The van der Waals surface area contributed by atoms with Crippen LogP contribution in [-0.2, 0) is 11.3 Å². The van der Waals surface area contributed by atoms with Crippen LogP contribution in [0.15, 0.2) is 22.0 Å². The molecule has 1 amide bonds. The van der Waals surface area contributed by atoms with Crippen molar-refractivity contribution < 1.29 is 9.32 Å². The number of nitrogens with one attached hydrogen (secondary N) is 1. The summed E-state index contributed by atoms with van der Waals surface area (Å²) >= 11 is 1.61. The lowest BCUT2D eigenvalue weighted by atomic mass is 9.96. The fourth-order valence-corrected chi connectivity index (χ4v) is 5.17. The fourth-order valence-electron chi connectivity index (χ4n) is 4.52. The standard InChI is InChI=1S/C22H33N5O2S/c1-17-5-2-10-26(15-17)11-4-9-23-22(28)18-7-12-27(13-8-18)16-20-24-21(25-29-20)19-6-3-14-30-19/h3,6,14,17-18H,2,4-5,7-13,15-16H2,1H3,(H,23,28). The van der Waals surface area contributed by atoms with E-state index in [9.17, 15) is 4.79 Å². The molecule has 2 aliphatic heterocycles. The molecule has 2 aromatic rings. The second kappa shape index (κ2) is 10.5. The molecule has 1 atom stereocenters. The Hall–Kier alpha value is -1.77. The second-order valence-electron chi connectivity index (χ2n) is 8.73. The van der Waals surface area contributed by atoms with E-state index in [-0.39, 0.29) is 11.8 Å². The van der Waals surface area contributed by atoms with Crippen LogP contribution in [0.2, 0.25) is 0 Å². The van der Waals surface area contributed by atoms with Crippen LogP contribution in [0.1, 0.15) is 44.9 Å². The molecule has 0 aromatic carbocycles. The molecular formula is C22H33N5O2S. The maximum Gasteiger partial charge on any atom is 0.241 e. The minimum atomic E-state index is 0.126. The van der Waals surface area contributed by atoms with Gasteiger partial charge in [0.05, 0.1) is 11.4 Å². The molecular weight excluding hydrogens is 398 g/mol. The van der Waals surface area contributed by atoms with Crippen LogP contribution in [0, 0.1) is 11.8 Å². The van der Waals surface area contributed by atoms with E-state index < -0.39 is 0 Å². The Balaban J connectivity index is 1.12. The fraction of sp³-hybridized carbons (Fsp3) is 0.682. The molecule has 4 heterocycles. The number of hydrogen-bond acceptors (Lipinski definition) is 7. The molecule has 7 nitrogen and oxygen atoms in total. The number of carbonyl (C=O) groups excluding carboxylic acids is 1. The maximum absolute atomic E-state index is 12.5. The lowest BCUT2D eigenvalue weighted by molar-refractivity contribution is -0.126. The van der Waals surface area contributed by atoms with Gasteiger partial charge in [-0.2, -0.15) is 4.98 Å². The molecule has 164 valence electrons.